The molecule has 0 spiro atoms. The summed E-state index contributed by atoms with van der Waals surface area (Å²) in [5, 5.41) is 1.46. The van der Waals surface area contributed by atoms with Gasteiger partial charge in [-0.15, -0.1) is 11.3 Å². The highest BCUT2D eigenvalue weighted by Gasteiger charge is 2.23. The van der Waals surface area contributed by atoms with Crippen molar-refractivity contribution in [1.29, 1.82) is 0 Å². The minimum Gasteiger partial charge on any atom is -0.301 e. The minimum atomic E-state index is -0.0183. The molecule has 134 valence electrons. The molecule has 0 fully saturated rings. The number of thiophene rings is 1. The summed E-state index contributed by atoms with van der Waals surface area (Å²) in [5.74, 6) is 0.773. The molecule has 0 amide bonds. The number of nitrogens with one attached hydrogen (secondary N) is 1. The predicted octanol–water partition coefficient (Wildman–Crippen LogP) is 5.81. The average Bonchev–Trinajstić information content (AvgIpc) is 3.07. The summed E-state index contributed by atoms with van der Waals surface area (Å²) in [6.45, 7) is 0. The Balaban J connectivity index is 1.52. The van der Waals surface area contributed by atoms with Gasteiger partial charge in [-0.2, -0.15) is 0 Å². The second-order valence-corrected chi connectivity index (χ2v) is 9.41. The number of rotatable bonds is 3. The summed E-state index contributed by atoms with van der Waals surface area (Å²) < 4.78 is 1.06. The molecule has 3 nitrogen and oxygen atoms in total. The van der Waals surface area contributed by atoms with Crippen molar-refractivity contribution in [3.05, 3.63) is 80.0 Å². The van der Waals surface area contributed by atoms with Crippen molar-refractivity contribution in [2.24, 2.45) is 0 Å². The van der Waals surface area contributed by atoms with Crippen molar-refractivity contribution in [2.45, 2.75) is 23.8 Å². The van der Waals surface area contributed by atoms with Gasteiger partial charge in [-0.05, 0) is 47.2 Å². The fourth-order valence-corrected chi connectivity index (χ4v) is 5.94. The number of halogens is 1. The van der Waals surface area contributed by atoms with Gasteiger partial charge in [-0.3, -0.25) is 4.79 Å². The molecule has 1 aliphatic carbocycles. The number of benzene rings is 2. The largest absolute Gasteiger partial charge is 0.301 e. The van der Waals surface area contributed by atoms with E-state index >= 15 is 0 Å². The van der Waals surface area contributed by atoms with Crippen molar-refractivity contribution in [2.75, 3.05) is 0 Å². The quantitative estimate of drug-likeness (QED) is 0.314. The van der Waals surface area contributed by atoms with E-state index in [1.165, 1.54) is 21.6 Å². The van der Waals surface area contributed by atoms with Gasteiger partial charge < -0.3 is 4.98 Å². The summed E-state index contributed by atoms with van der Waals surface area (Å²) in [6.07, 6.45) is 1.89. The van der Waals surface area contributed by atoms with Gasteiger partial charge in [0.2, 0.25) is 0 Å². The lowest BCUT2D eigenvalue weighted by molar-refractivity contribution is 0.943. The maximum atomic E-state index is 12.8. The van der Waals surface area contributed by atoms with Gasteiger partial charge in [-0.25, -0.2) is 4.98 Å². The molecule has 1 aliphatic rings. The molecule has 2 aromatic heterocycles. The minimum absolute atomic E-state index is 0.0183. The topological polar surface area (TPSA) is 45.8 Å². The van der Waals surface area contributed by atoms with Crippen LogP contribution in [-0.4, -0.2) is 9.97 Å². The summed E-state index contributed by atoms with van der Waals surface area (Å²) in [4.78, 5) is 22.6. The zero-order valence-corrected chi connectivity index (χ0v) is 17.5. The standard InChI is InChI=1S/C21H15BrN2OS2/c22-14-8-5-12(6-9-14)11-26-21-23-19(25)17-16-10-7-13-3-1-2-4-15(13)18(16)27-20(17)24-21/h1-6,8-9H,7,10-11H2,(H,23,24,25). The van der Waals surface area contributed by atoms with E-state index in [1.807, 2.05) is 12.1 Å². The summed E-state index contributed by atoms with van der Waals surface area (Å²) >= 11 is 6.66. The van der Waals surface area contributed by atoms with E-state index in [9.17, 15) is 4.79 Å². The van der Waals surface area contributed by atoms with Crippen LogP contribution >= 0.6 is 39.0 Å². The van der Waals surface area contributed by atoms with Gasteiger partial charge in [-0.1, -0.05) is 64.1 Å². The molecule has 2 aromatic carbocycles. The number of hydrogen-bond donors (Lipinski definition) is 1. The van der Waals surface area contributed by atoms with E-state index in [2.05, 4.69) is 57.3 Å². The zero-order valence-electron chi connectivity index (χ0n) is 14.3. The molecule has 1 N–H and O–H groups in total. The first-order valence-electron chi connectivity index (χ1n) is 8.70. The van der Waals surface area contributed by atoms with E-state index in [0.717, 1.165) is 38.8 Å². The lowest BCUT2D eigenvalue weighted by Crippen LogP contribution is -2.11. The Morgan fingerprint density at radius 2 is 1.93 bits per heavy atom. The first-order chi connectivity index (χ1) is 13.2. The monoisotopic (exact) mass is 454 g/mol. The van der Waals surface area contributed by atoms with Gasteiger partial charge in [0.25, 0.3) is 5.56 Å². The fourth-order valence-electron chi connectivity index (χ4n) is 3.52. The second-order valence-electron chi connectivity index (χ2n) is 6.53. The molecular formula is C21H15BrN2OS2. The Bertz CT molecular complexity index is 1210. The van der Waals surface area contributed by atoms with Gasteiger partial charge in [0, 0.05) is 15.1 Å². The van der Waals surface area contributed by atoms with Crippen LogP contribution in [0.1, 0.15) is 16.7 Å². The Kier molecular flexibility index (Phi) is 4.42. The molecule has 0 bridgehead atoms. The van der Waals surface area contributed by atoms with Crippen LogP contribution in [0.15, 0.2) is 63.0 Å². The highest BCUT2D eigenvalue weighted by atomic mass is 79.9. The Labute approximate surface area is 173 Å². The van der Waals surface area contributed by atoms with E-state index in [-0.39, 0.29) is 5.56 Å². The molecular weight excluding hydrogens is 440 g/mol. The second kappa shape index (κ2) is 6.93. The number of aromatic amines is 1. The highest BCUT2D eigenvalue weighted by molar-refractivity contribution is 9.10. The fraction of sp³-hybridized carbons (Fsp3) is 0.143. The SMILES string of the molecule is O=c1[nH]c(SCc2ccc(Br)cc2)nc2sc3c(c12)CCc1ccccc1-3. The Morgan fingerprint density at radius 1 is 1.11 bits per heavy atom. The van der Waals surface area contributed by atoms with Crippen LogP contribution in [0.2, 0.25) is 0 Å². The third-order valence-electron chi connectivity index (χ3n) is 4.83. The zero-order chi connectivity index (χ0) is 18.4. The maximum absolute atomic E-state index is 12.8. The van der Waals surface area contributed by atoms with Crippen molar-refractivity contribution in [3.63, 3.8) is 0 Å². The van der Waals surface area contributed by atoms with E-state index < -0.39 is 0 Å². The van der Waals surface area contributed by atoms with Crippen LogP contribution in [0.25, 0.3) is 20.7 Å². The van der Waals surface area contributed by atoms with Gasteiger partial charge in [0.1, 0.15) is 4.83 Å². The number of thioether (sulfide) groups is 1. The molecule has 4 aromatic rings. The third-order valence-corrected chi connectivity index (χ3v) is 7.47. The van der Waals surface area contributed by atoms with Crippen LogP contribution < -0.4 is 5.56 Å². The predicted molar refractivity (Wildman–Crippen MR) is 117 cm³/mol. The molecule has 0 saturated carbocycles. The Hall–Kier alpha value is -1.89. The van der Waals surface area contributed by atoms with E-state index in [0.29, 0.717) is 5.16 Å². The summed E-state index contributed by atoms with van der Waals surface area (Å²) in [7, 11) is 0. The average molecular weight is 455 g/mol. The van der Waals surface area contributed by atoms with Crippen LogP contribution in [0, 0.1) is 0 Å². The third kappa shape index (κ3) is 3.16. The molecule has 0 aliphatic heterocycles. The van der Waals surface area contributed by atoms with Crippen LogP contribution in [-0.2, 0) is 18.6 Å². The van der Waals surface area contributed by atoms with Gasteiger partial charge in [0.05, 0.1) is 5.39 Å². The number of H-pyrrole nitrogens is 1. The molecule has 6 heteroatoms. The lowest BCUT2D eigenvalue weighted by atomic mass is 9.90. The Morgan fingerprint density at radius 3 is 2.78 bits per heavy atom. The van der Waals surface area contributed by atoms with Crippen LogP contribution in [0.5, 0.6) is 0 Å². The van der Waals surface area contributed by atoms with Gasteiger partial charge in [0.15, 0.2) is 5.16 Å². The number of fused-ring (bicyclic) bond motifs is 5. The van der Waals surface area contributed by atoms with Crippen molar-refractivity contribution in [1.82, 2.24) is 9.97 Å². The molecule has 2 heterocycles. The molecule has 0 atom stereocenters. The number of aryl methyl sites for hydroxylation is 2. The first-order valence-corrected chi connectivity index (χ1v) is 11.3. The normalized spacial score (nSPS) is 12.8. The van der Waals surface area contributed by atoms with Crippen LogP contribution in [0.3, 0.4) is 0 Å². The first kappa shape index (κ1) is 17.2. The molecule has 27 heavy (non-hydrogen) atoms. The lowest BCUT2D eigenvalue weighted by Gasteiger charge is -2.15. The highest BCUT2D eigenvalue weighted by Crippen LogP contribution is 2.42. The molecule has 0 radical (unpaired) electrons. The van der Waals surface area contributed by atoms with Gasteiger partial charge >= 0.3 is 0 Å². The number of aromatic nitrogens is 2. The van der Waals surface area contributed by atoms with E-state index in [1.54, 1.807) is 23.1 Å². The number of nitrogens with zero attached hydrogens (tertiary/aromatic N) is 1. The van der Waals surface area contributed by atoms with Crippen LogP contribution in [0.4, 0.5) is 0 Å². The molecule has 5 rings (SSSR count). The molecule has 0 unspecified atom stereocenters. The molecule has 0 saturated heterocycles. The van der Waals surface area contributed by atoms with Crippen molar-refractivity contribution < 1.29 is 0 Å². The number of hydrogen-bond acceptors (Lipinski definition) is 4. The maximum Gasteiger partial charge on any atom is 0.260 e. The summed E-state index contributed by atoms with van der Waals surface area (Å²) in [5.41, 5.74) is 4.95. The van der Waals surface area contributed by atoms with E-state index in [4.69, 9.17) is 4.98 Å². The van der Waals surface area contributed by atoms with Crippen molar-refractivity contribution >= 4 is 49.2 Å². The smallest absolute Gasteiger partial charge is 0.260 e. The van der Waals surface area contributed by atoms with Crippen molar-refractivity contribution in [3.8, 4) is 10.4 Å². The summed E-state index contributed by atoms with van der Waals surface area (Å²) in [6, 6.07) is 16.7.